The van der Waals surface area contributed by atoms with E-state index in [-0.39, 0.29) is 12.1 Å². The molecule has 1 fully saturated rings. The molecule has 0 aromatic heterocycles. The molecule has 1 aromatic carbocycles. The summed E-state index contributed by atoms with van der Waals surface area (Å²) in [5.74, 6) is 0. The van der Waals surface area contributed by atoms with Gasteiger partial charge in [-0.1, -0.05) is 29.8 Å². The third kappa shape index (κ3) is 3.17. The van der Waals surface area contributed by atoms with Crippen molar-refractivity contribution in [3.05, 3.63) is 34.9 Å². The largest absolute Gasteiger partial charge is 0.326 e. The van der Waals surface area contributed by atoms with Gasteiger partial charge in [0.15, 0.2) is 0 Å². The standard InChI is InChI=1S/C16H26ClN3/c1-11-9-20(10-12(2)19(11)4)16(13(3)18)14-7-5-6-8-15(14)17/h5-8,11-13,16H,9-10,18H2,1-4H3. The lowest BCUT2D eigenvalue weighted by Gasteiger charge is -2.46. The molecule has 0 bridgehead atoms. The van der Waals surface area contributed by atoms with Gasteiger partial charge in [-0.15, -0.1) is 0 Å². The van der Waals surface area contributed by atoms with Gasteiger partial charge in [-0.3, -0.25) is 9.80 Å². The van der Waals surface area contributed by atoms with Gasteiger partial charge in [0, 0.05) is 36.2 Å². The number of benzene rings is 1. The zero-order valence-electron chi connectivity index (χ0n) is 12.9. The van der Waals surface area contributed by atoms with Gasteiger partial charge in [0.25, 0.3) is 0 Å². The molecule has 4 unspecified atom stereocenters. The molecule has 1 saturated heterocycles. The molecular weight excluding hydrogens is 270 g/mol. The first kappa shape index (κ1) is 15.8. The Morgan fingerprint density at radius 2 is 1.75 bits per heavy atom. The second-order valence-electron chi connectivity index (χ2n) is 6.14. The van der Waals surface area contributed by atoms with Gasteiger partial charge in [-0.05, 0) is 39.4 Å². The van der Waals surface area contributed by atoms with Crippen LogP contribution in [0.5, 0.6) is 0 Å². The van der Waals surface area contributed by atoms with Gasteiger partial charge in [-0.2, -0.15) is 0 Å². The fourth-order valence-electron chi connectivity index (χ4n) is 3.20. The monoisotopic (exact) mass is 295 g/mol. The van der Waals surface area contributed by atoms with E-state index >= 15 is 0 Å². The van der Waals surface area contributed by atoms with Crippen molar-refractivity contribution in [1.29, 1.82) is 0 Å². The van der Waals surface area contributed by atoms with Gasteiger partial charge in [0.05, 0.1) is 6.04 Å². The number of hydrogen-bond acceptors (Lipinski definition) is 3. The molecule has 20 heavy (non-hydrogen) atoms. The van der Waals surface area contributed by atoms with Crippen molar-refractivity contribution in [1.82, 2.24) is 9.80 Å². The fraction of sp³-hybridized carbons (Fsp3) is 0.625. The maximum Gasteiger partial charge on any atom is 0.0512 e. The fourth-order valence-corrected chi connectivity index (χ4v) is 3.45. The summed E-state index contributed by atoms with van der Waals surface area (Å²) >= 11 is 6.39. The summed E-state index contributed by atoms with van der Waals surface area (Å²) in [6.45, 7) is 8.67. The third-order valence-electron chi connectivity index (χ3n) is 4.50. The number of piperazine rings is 1. The quantitative estimate of drug-likeness (QED) is 0.931. The molecule has 2 rings (SSSR count). The van der Waals surface area contributed by atoms with Gasteiger partial charge in [0.2, 0.25) is 0 Å². The van der Waals surface area contributed by atoms with Crippen molar-refractivity contribution < 1.29 is 0 Å². The van der Waals surface area contributed by atoms with Gasteiger partial charge < -0.3 is 5.73 Å². The molecular formula is C16H26ClN3. The Morgan fingerprint density at radius 3 is 2.25 bits per heavy atom. The molecule has 3 nitrogen and oxygen atoms in total. The van der Waals surface area contributed by atoms with Crippen LogP contribution in [0, 0.1) is 0 Å². The van der Waals surface area contributed by atoms with Crippen molar-refractivity contribution in [2.45, 2.75) is 44.9 Å². The Labute approximate surface area is 127 Å². The third-order valence-corrected chi connectivity index (χ3v) is 4.85. The SMILES string of the molecule is CC(N)C(c1ccccc1Cl)N1CC(C)N(C)C(C)C1. The lowest BCUT2D eigenvalue weighted by Crippen LogP contribution is -2.57. The van der Waals surface area contributed by atoms with Crippen LogP contribution in [0.25, 0.3) is 0 Å². The molecule has 1 aromatic rings. The number of hydrogen-bond donors (Lipinski definition) is 1. The van der Waals surface area contributed by atoms with Crippen LogP contribution in [0.1, 0.15) is 32.4 Å². The number of rotatable bonds is 3. The van der Waals surface area contributed by atoms with E-state index in [1.165, 1.54) is 0 Å². The Morgan fingerprint density at radius 1 is 1.20 bits per heavy atom. The Kier molecular flexibility index (Phi) is 5.08. The van der Waals surface area contributed by atoms with Crippen molar-refractivity contribution in [2.75, 3.05) is 20.1 Å². The van der Waals surface area contributed by atoms with Crippen molar-refractivity contribution in [3.8, 4) is 0 Å². The van der Waals surface area contributed by atoms with E-state index < -0.39 is 0 Å². The number of nitrogens with two attached hydrogens (primary N) is 1. The van der Waals surface area contributed by atoms with E-state index in [1.807, 2.05) is 18.2 Å². The normalized spacial score (nSPS) is 28.3. The maximum atomic E-state index is 6.39. The van der Waals surface area contributed by atoms with Crippen LogP contribution in [-0.4, -0.2) is 48.1 Å². The summed E-state index contributed by atoms with van der Waals surface area (Å²) in [6.07, 6.45) is 0. The van der Waals surface area contributed by atoms with E-state index in [0.29, 0.717) is 12.1 Å². The van der Waals surface area contributed by atoms with Crippen LogP contribution < -0.4 is 5.73 Å². The first-order valence-corrected chi connectivity index (χ1v) is 7.75. The summed E-state index contributed by atoms with van der Waals surface area (Å²) in [5, 5.41) is 0.814. The minimum Gasteiger partial charge on any atom is -0.326 e. The number of halogens is 1. The molecule has 4 atom stereocenters. The van der Waals surface area contributed by atoms with Crippen molar-refractivity contribution >= 4 is 11.6 Å². The average molecular weight is 296 g/mol. The van der Waals surface area contributed by atoms with Crippen LogP contribution in [0.4, 0.5) is 0 Å². The minimum atomic E-state index is 0.0534. The summed E-state index contributed by atoms with van der Waals surface area (Å²) in [6, 6.07) is 9.36. The van der Waals surface area contributed by atoms with Crippen LogP contribution in [0.15, 0.2) is 24.3 Å². The summed E-state index contributed by atoms with van der Waals surface area (Å²) in [5.41, 5.74) is 7.43. The lowest BCUT2D eigenvalue weighted by atomic mass is 9.96. The molecule has 1 aliphatic heterocycles. The van der Waals surface area contributed by atoms with Gasteiger partial charge in [0.1, 0.15) is 0 Å². The maximum absolute atomic E-state index is 6.39. The van der Waals surface area contributed by atoms with Gasteiger partial charge >= 0.3 is 0 Å². The molecule has 112 valence electrons. The number of likely N-dealkylation sites (N-methyl/N-ethyl adjacent to an activating group) is 1. The second-order valence-corrected chi connectivity index (χ2v) is 6.55. The zero-order valence-corrected chi connectivity index (χ0v) is 13.6. The molecule has 0 amide bonds. The van der Waals surface area contributed by atoms with Crippen molar-refractivity contribution in [2.24, 2.45) is 5.73 Å². The van der Waals surface area contributed by atoms with E-state index in [0.717, 1.165) is 23.7 Å². The molecule has 0 radical (unpaired) electrons. The molecule has 0 saturated carbocycles. The predicted molar refractivity (Wildman–Crippen MR) is 86.1 cm³/mol. The predicted octanol–water partition coefficient (Wildman–Crippen LogP) is 2.75. The average Bonchev–Trinajstić information content (AvgIpc) is 2.38. The molecule has 0 aliphatic carbocycles. The highest BCUT2D eigenvalue weighted by atomic mass is 35.5. The van der Waals surface area contributed by atoms with E-state index in [9.17, 15) is 0 Å². The summed E-state index contributed by atoms with van der Waals surface area (Å²) in [4.78, 5) is 4.92. The highest BCUT2D eigenvalue weighted by Crippen LogP contribution is 2.32. The lowest BCUT2D eigenvalue weighted by molar-refractivity contribution is 0.0274. The first-order valence-electron chi connectivity index (χ1n) is 7.37. The molecule has 2 N–H and O–H groups in total. The summed E-state index contributed by atoms with van der Waals surface area (Å²) in [7, 11) is 2.20. The smallest absolute Gasteiger partial charge is 0.0512 e. The molecule has 0 spiro atoms. The highest BCUT2D eigenvalue weighted by molar-refractivity contribution is 6.31. The molecule has 4 heteroatoms. The van der Waals surface area contributed by atoms with E-state index in [2.05, 4.69) is 43.7 Å². The van der Waals surface area contributed by atoms with Crippen LogP contribution in [0.3, 0.4) is 0 Å². The zero-order chi connectivity index (χ0) is 14.9. The number of nitrogens with zero attached hydrogens (tertiary/aromatic N) is 2. The molecule has 1 aliphatic rings. The van der Waals surface area contributed by atoms with E-state index in [4.69, 9.17) is 17.3 Å². The summed E-state index contributed by atoms with van der Waals surface area (Å²) < 4.78 is 0. The van der Waals surface area contributed by atoms with Crippen molar-refractivity contribution in [3.63, 3.8) is 0 Å². The Balaban J connectivity index is 2.28. The van der Waals surface area contributed by atoms with E-state index in [1.54, 1.807) is 0 Å². The van der Waals surface area contributed by atoms with Crippen LogP contribution in [0.2, 0.25) is 5.02 Å². The highest BCUT2D eigenvalue weighted by Gasteiger charge is 2.33. The topological polar surface area (TPSA) is 32.5 Å². The molecule has 1 heterocycles. The second kappa shape index (κ2) is 6.44. The first-order chi connectivity index (χ1) is 9.41. The van der Waals surface area contributed by atoms with Crippen LogP contribution in [-0.2, 0) is 0 Å². The van der Waals surface area contributed by atoms with Gasteiger partial charge in [-0.25, -0.2) is 0 Å². The Hall–Kier alpha value is -0.610. The van der Waals surface area contributed by atoms with Crippen LogP contribution >= 0.6 is 11.6 Å². The Bertz CT molecular complexity index is 437. The minimum absolute atomic E-state index is 0.0534.